The van der Waals surface area contributed by atoms with E-state index in [0.717, 1.165) is 0 Å². The van der Waals surface area contributed by atoms with E-state index in [9.17, 15) is 0 Å². The molecule has 0 aromatic heterocycles. The Hall–Kier alpha value is -1.55. The molecular formula is C11H11N. The minimum Gasteiger partial charge on any atom is -0.193 e. The van der Waals surface area contributed by atoms with Crippen molar-refractivity contribution in [1.82, 2.24) is 0 Å². The first-order chi connectivity index (χ1) is 5.74. The highest BCUT2D eigenvalue weighted by molar-refractivity contribution is 5.32. The summed E-state index contributed by atoms with van der Waals surface area (Å²) in [5, 5.41) is 8.54. The van der Waals surface area contributed by atoms with Crippen LogP contribution in [0.4, 0.5) is 0 Å². The Morgan fingerprint density at radius 1 is 1.50 bits per heavy atom. The monoisotopic (exact) mass is 157 g/mol. The molecule has 1 nitrogen and oxygen atoms in total. The summed E-state index contributed by atoms with van der Waals surface area (Å²) in [5.74, 6) is 0. The van der Waals surface area contributed by atoms with Gasteiger partial charge in [-0.2, -0.15) is 5.26 Å². The maximum Gasteiger partial charge on any atom is 0.0944 e. The number of nitrogens with zero attached hydrogens (tertiary/aromatic N) is 1. The molecule has 0 atom stereocenters. The van der Waals surface area contributed by atoms with Crippen LogP contribution in [0.25, 0.3) is 0 Å². The Balaban J connectivity index is 2.84. The van der Waals surface area contributed by atoms with Gasteiger partial charge < -0.3 is 0 Å². The Morgan fingerprint density at radius 3 is 2.75 bits per heavy atom. The van der Waals surface area contributed by atoms with E-state index in [1.165, 1.54) is 11.1 Å². The van der Waals surface area contributed by atoms with Gasteiger partial charge in [-0.05, 0) is 18.1 Å². The number of hydrogen-bond donors (Lipinski definition) is 0. The zero-order valence-corrected chi connectivity index (χ0v) is 7.17. The molecule has 1 heteroatoms. The number of hydrogen-bond acceptors (Lipinski definition) is 1. The van der Waals surface area contributed by atoms with Crippen LogP contribution in [0.3, 0.4) is 0 Å². The first kappa shape index (κ1) is 8.55. The molecule has 0 saturated heterocycles. The Kier molecular flexibility index (Phi) is 2.66. The van der Waals surface area contributed by atoms with Crippen molar-refractivity contribution >= 4 is 0 Å². The molecule has 60 valence electrons. The lowest BCUT2D eigenvalue weighted by molar-refractivity contribution is 1.17. The highest BCUT2D eigenvalue weighted by Gasteiger charge is 1.98. The lowest BCUT2D eigenvalue weighted by Crippen LogP contribution is -1.89. The van der Waals surface area contributed by atoms with E-state index in [0.29, 0.717) is 12.0 Å². The summed E-state index contributed by atoms with van der Waals surface area (Å²) in [5.41, 5.74) is 3.02. The van der Waals surface area contributed by atoms with Crippen LogP contribution in [0, 0.1) is 18.3 Å². The zero-order chi connectivity index (χ0) is 8.97. The number of aryl methyl sites for hydroxylation is 1. The second-order valence-electron chi connectivity index (χ2n) is 2.82. The van der Waals surface area contributed by atoms with Crippen molar-refractivity contribution in [2.75, 3.05) is 0 Å². The Morgan fingerprint density at radius 2 is 2.17 bits per heavy atom. The third-order valence-corrected chi connectivity index (χ3v) is 1.82. The van der Waals surface area contributed by atoms with E-state index in [1.807, 2.05) is 37.3 Å². The van der Waals surface area contributed by atoms with Crippen LogP contribution in [0.1, 0.15) is 11.1 Å². The van der Waals surface area contributed by atoms with Gasteiger partial charge in [0.2, 0.25) is 0 Å². The maximum atomic E-state index is 8.54. The number of rotatable bonds is 2. The van der Waals surface area contributed by atoms with Crippen molar-refractivity contribution in [3.8, 4) is 6.07 Å². The molecule has 0 spiro atoms. The molecule has 0 aliphatic heterocycles. The SMILES string of the molecule is C=C(C#N)Cc1ccccc1C. The number of benzene rings is 1. The molecule has 0 N–H and O–H groups in total. The minimum atomic E-state index is 0.615. The van der Waals surface area contributed by atoms with Crippen molar-refractivity contribution in [3.05, 3.63) is 47.5 Å². The third-order valence-electron chi connectivity index (χ3n) is 1.82. The van der Waals surface area contributed by atoms with Gasteiger partial charge in [-0.25, -0.2) is 0 Å². The quantitative estimate of drug-likeness (QED) is 0.605. The summed E-state index contributed by atoms with van der Waals surface area (Å²) in [6.07, 6.45) is 0.670. The highest BCUT2D eigenvalue weighted by Crippen LogP contribution is 2.10. The normalized spacial score (nSPS) is 9.00. The summed E-state index contributed by atoms with van der Waals surface area (Å²) in [7, 11) is 0. The number of nitriles is 1. The summed E-state index contributed by atoms with van der Waals surface area (Å²) >= 11 is 0. The van der Waals surface area contributed by atoms with Crippen LogP contribution < -0.4 is 0 Å². The molecule has 0 saturated carbocycles. The standard InChI is InChI=1S/C11H11N/c1-9(8-12)7-11-6-4-3-5-10(11)2/h3-6H,1,7H2,2H3. The summed E-state index contributed by atoms with van der Waals surface area (Å²) in [6, 6.07) is 10.1. The fraction of sp³-hybridized carbons (Fsp3) is 0.182. The molecule has 0 aliphatic rings. The van der Waals surface area contributed by atoms with Crippen LogP contribution in [0.5, 0.6) is 0 Å². The summed E-state index contributed by atoms with van der Waals surface area (Å²) < 4.78 is 0. The van der Waals surface area contributed by atoms with E-state index in [4.69, 9.17) is 5.26 Å². The maximum absolute atomic E-state index is 8.54. The number of allylic oxidation sites excluding steroid dienone is 1. The molecule has 0 bridgehead atoms. The van der Waals surface area contributed by atoms with Crippen LogP contribution in [-0.2, 0) is 6.42 Å². The van der Waals surface area contributed by atoms with Gasteiger partial charge in [0, 0.05) is 12.0 Å². The summed E-state index contributed by atoms with van der Waals surface area (Å²) in [4.78, 5) is 0. The molecule has 0 unspecified atom stereocenters. The minimum absolute atomic E-state index is 0.615. The smallest absolute Gasteiger partial charge is 0.0944 e. The van der Waals surface area contributed by atoms with Gasteiger partial charge in [0.25, 0.3) is 0 Å². The average molecular weight is 157 g/mol. The second kappa shape index (κ2) is 3.73. The average Bonchev–Trinajstić information content (AvgIpc) is 2.09. The molecule has 12 heavy (non-hydrogen) atoms. The van der Waals surface area contributed by atoms with Gasteiger partial charge in [-0.1, -0.05) is 30.8 Å². The van der Waals surface area contributed by atoms with Gasteiger partial charge in [0.15, 0.2) is 0 Å². The van der Waals surface area contributed by atoms with Crippen molar-refractivity contribution in [3.63, 3.8) is 0 Å². The van der Waals surface area contributed by atoms with Crippen LogP contribution >= 0.6 is 0 Å². The Labute approximate surface area is 73.0 Å². The highest BCUT2D eigenvalue weighted by atomic mass is 14.2. The molecular weight excluding hydrogens is 146 g/mol. The first-order valence-corrected chi connectivity index (χ1v) is 3.86. The fourth-order valence-corrected chi connectivity index (χ4v) is 1.08. The molecule has 0 aliphatic carbocycles. The predicted molar refractivity (Wildman–Crippen MR) is 49.6 cm³/mol. The topological polar surface area (TPSA) is 23.8 Å². The van der Waals surface area contributed by atoms with Crippen molar-refractivity contribution < 1.29 is 0 Å². The molecule has 0 heterocycles. The molecule has 0 fully saturated rings. The van der Waals surface area contributed by atoms with Gasteiger partial charge >= 0.3 is 0 Å². The van der Waals surface area contributed by atoms with E-state index in [-0.39, 0.29) is 0 Å². The predicted octanol–water partition coefficient (Wildman–Crippen LogP) is 2.62. The second-order valence-corrected chi connectivity index (χ2v) is 2.82. The van der Waals surface area contributed by atoms with E-state index in [2.05, 4.69) is 6.58 Å². The van der Waals surface area contributed by atoms with Crippen molar-refractivity contribution in [2.45, 2.75) is 13.3 Å². The van der Waals surface area contributed by atoms with E-state index in [1.54, 1.807) is 0 Å². The van der Waals surface area contributed by atoms with Gasteiger partial charge in [0.1, 0.15) is 0 Å². The zero-order valence-electron chi connectivity index (χ0n) is 7.17. The summed E-state index contributed by atoms with van der Waals surface area (Å²) in [6.45, 7) is 5.69. The van der Waals surface area contributed by atoms with Crippen molar-refractivity contribution in [2.24, 2.45) is 0 Å². The van der Waals surface area contributed by atoms with Gasteiger partial charge in [0.05, 0.1) is 6.07 Å². The van der Waals surface area contributed by atoms with Crippen LogP contribution in [-0.4, -0.2) is 0 Å². The van der Waals surface area contributed by atoms with E-state index >= 15 is 0 Å². The molecule has 1 aromatic carbocycles. The fourth-order valence-electron chi connectivity index (χ4n) is 1.08. The molecule has 1 rings (SSSR count). The lowest BCUT2D eigenvalue weighted by Gasteiger charge is -2.02. The Bertz CT molecular complexity index is 331. The third kappa shape index (κ3) is 1.96. The van der Waals surface area contributed by atoms with Crippen molar-refractivity contribution in [1.29, 1.82) is 5.26 Å². The molecule has 0 radical (unpaired) electrons. The lowest BCUT2D eigenvalue weighted by atomic mass is 10.0. The van der Waals surface area contributed by atoms with Gasteiger partial charge in [-0.15, -0.1) is 0 Å². The van der Waals surface area contributed by atoms with E-state index < -0.39 is 0 Å². The molecule has 1 aromatic rings. The van der Waals surface area contributed by atoms with Crippen LogP contribution in [0.15, 0.2) is 36.4 Å². The first-order valence-electron chi connectivity index (χ1n) is 3.86. The molecule has 0 amide bonds. The van der Waals surface area contributed by atoms with Crippen LogP contribution in [0.2, 0.25) is 0 Å². The van der Waals surface area contributed by atoms with Gasteiger partial charge in [-0.3, -0.25) is 0 Å². The largest absolute Gasteiger partial charge is 0.193 e.